The van der Waals surface area contributed by atoms with Gasteiger partial charge in [-0.25, -0.2) is 50.5 Å². The van der Waals surface area contributed by atoms with Gasteiger partial charge in [0.25, 0.3) is 0 Å². The number of anilines is 12. The average Bonchev–Trinajstić information content (AvgIpc) is 2.57. The Bertz CT molecular complexity index is 4080. The topological polar surface area (TPSA) is 493 Å². The van der Waals surface area contributed by atoms with E-state index in [1.54, 1.807) is 0 Å². The minimum atomic E-state index is -5.40. The van der Waals surface area contributed by atoms with Crippen LogP contribution < -0.4 is 209 Å². The summed E-state index contributed by atoms with van der Waals surface area (Å²) < 4.78 is 217. The van der Waals surface area contributed by atoms with Crippen LogP contribution in [0.3, 0.4) is 0 Å². The van der Waals surface area contributed by atoms with Crippen LogP contribution in [0, 0.1) is 0 Å². The zero-order valence-corrected chi connectivity index (χ0v) is 62.2. The number of rotatable bonds is 20. The van der Waals surface area contributed by atoms with Gasteiger partial charge in [0.2, 0.25) is 35.7 Å². The summed E-state index contributed by atoms with van der Waals surface area (Å²) in [6, 6.07) is 24.4. The third-order valence-corrected chi connectivity index (χ3v) is 15.4. The SMILES string of the molecule is O=S(=O)([O-])c1cccc(Nc2nc(Nc3cccc(S(=O)(=O)[O-])c3)nc(Nc3ccc(/C=C/c4ccc(Nc5nc(Nc6cccc(S(=O)(=O)[O-])c6)nc(Nc6cccc(S(=O)(=O)[O-])c6)n5)cc4S(=O)(=O)[O-])c(S(=O)(=O)[O-])c3)n2)c1.[Na+].[Na+].[Na+].[Na+].[Na+].[Na+]. The van der Waals surface area contributed by atoms with Gasteiger partial charge in [0, 0.05) is 34.1 Å². The molecule has 86 heavy (non-hydrogen) atoms. The minimum absolute atomic E-state index is 0. The van der Waals surface area contributed by atoms with Crippen LogP contribution in [-0.4, -0.2) is 108 Å². The van der Waals surface area contributed by atoms with Crippen molar-refractivity contribution in [2.75, 3.05) is 31.9 Å². The number of aromatic nitrogens is 6. The van der Waals surface area contributed by atoms with Gasteiger partial charge in [-0.15, -0.1) is 0 Å². The molecule has 0 saturated carbocycles. The van der Waals surface area contributed by atoms with Crippen molar-refractivity contribution in [2.24, 2.45) is 0 Å². The smallest absolute Gasteiger partial charge is 0.744 e. The van der Waals surface area contributed by atoms with Gasteiger partial charge in [0.15, 0.2) is 0 Å². The van der Waals surface area contributed by atoms with E-state index in [-0.39, 0.29) is 246 Å². The molecular weight excluding hydrogens is 1310 g/mol. The van der Waals surface area contributed by atoms with Crippen LogP contribution in [-0.2, 0) is 60.7 Å². The summed E-state index contributed by atoms with van der Waals surface area (Å²) >= 11 is 0. The first-order valence-electron chi connectivity index (χ1n) is 21.6. The first-order valence-corrected chi connectivity index (χ1v) is 30.0. The van der Waals surface area contributed by atoms with Gasteiger partial charge in [-0.2, -0.15) is 29.9 Å². The fraction of sp³-hybridized carbons (Fsp3) is 0. The molecule has 0 amide bonds. The Morgan fingerprint density at radius 2 is 0.465 bits per heavy atom. The maximum absolute atomic E-state index is 12.7. The molecule has 0 aliphatic carbocycles. The molecule has 0 radical (unpaired) electrons. The third kappa shape index (κ3) is 22.6. The van der Waals surface area contributed by atoms with Gasteiger partial charge in [0.05, 0.1) is 29.4 Å². The molecular formula is C44H30N12Na6O18S6. The summed E-state index contributed by atoms with van der Waals surface area (Å²) in [5.41, 5.74) is -1.15. The first kappa shape index (κ1) is 79.4. The van der Waals surface area contributed by atoms with Crippen molar-refractivity contribution in [3.63, 3.8) is 0 Å². The Labute approximate surface area is 624 Å². The maximum atomic E-state index is 12.7. The monoisotopic (exact) mass is 1340 g/mol. The molecule has 0 aliphatic heterocycles. The van der Waals surface area contributed by atoms with Gasteiger partial charge < -0.3 is 59.2 Å². The summed E-state index contributed by atoms with van der Waals surface area (Å²) in [4.78, 5) is 20.6. The molecule has 0 saturated heterocycles. The second kappa shape index (κ2) is 32.6. The van der Waals surface area contributed by atoms with Crippen LogP contribution in [0.4, 0.5) is 69.8 Å². The average molecular weight is 1350 g/mol. The number of hydrogen-bond donors (Lipinski definition) is 6. The second-order valence-corrected chi connectivity index (χ2v) is 24.3. The molecule has 2 heterocycles. The molecule has 0 unspecified atom stereocenters. The van der Waals surface area contributed by atoms with Crippen molar-refractivity contribution in [2.45, 2.75) is 29.4 Å². The van der Waals surface area contributed by atoms with Crippen LogP contribution in [0.5, 0.6) is 0 Å². The van der Waals surface area contributed by atoms with Crippen molar-refractivity contribution < 1.29 is 255 Å². The summed E-state index contributed by atoms with van der Waals surface area (Å²) in [5, 5.41) is 16.0. The molecule has 416 valence electrons. The Hall–Kier alpha value is -2.66. The van der Waals surface area contributed by atoms with E-state index in [9.17, 15) is 77.8 Å². The summed E-state index contributed by atoms with van der Waals surface area (Å²) in [7, 11) is -30.5. The zero-order chi connectivity index (χ0) is 58.0. The molecule has 2 aromatic heterocycles. The number of nitrogens with one attached hydrogen (secondary N) is 6. The maximum Gasteiger partial charge on any atom is 1.00 e. The third-order valence-electron chi connectivity index (χ3n) is 10.3. The van der Waals surface area contributed by atoms with E-state index in [1.165, 1.54) is 60.7 Å². The van der Waals surface area contributed by atoms with E-state index in [1.807, 2.05) is 0 Å². The molecule has 6 N–H and O–H groups in total. The number of benzene rings is 6. The van der Waals surface area contributed by atoms with Crippen molar-refractivity contribution in [3.05, 3.63) is 145 Å². The van der Waals surface area contributed by atoms with Crippen LogP contribution in [0.1, 0.15) is 11.1 Å². The predicted molar refractivity (Wildman–Crippen MR) is 275 cm³/mol. The fourth-order valence-corrected chi connectivity index (χ4v) is 10.3. The fourth-order valence-electron chi connectivity index (χ4n) is 6.89. The summed E-state index contributed by atoms with van der Waals surface area (Å²) in [6.07, 6.45) is 1.99. The van der Waals surface area contributed by atoms with Crippen LogP contribution in [0.15, 0.2) is 163 Å². The van der Waals surface area contributed by atoms with E-state index in [0.717, 1.165) is 84.9 Å². The molecule has 0 fully saturated rings. The Morgan fingerprint density at radius 1 is 0.267 bits per heavy atom. The number of nitrogens with zero attached hydrogens (tertiary/aromatic N) is 6. The molecule has 8 rings (SSSR count). The Morgan fingerprint density at radius 3 is 0.651 bits per heavy atom. The van der Waals surface area contributed by atoms with Crippen LogP contribution in [0.2, 0.25) is 0 Å². The summed E-state index contributed by atoms with van der Waals surface area (Å²) in [5.74, 6) is -2.28. The normalized spacial score (nSPS) is 11.6. The molecule has 42 heteroatoms. The number of hydrogen-bond acceptors (Lipinski definition) is 30. The van der Waals surface area contributed by atoms with Gasteiger partial charge in [0.1, 0.15) is 60.7 Å². The quantitative estimate of drug-likeness (QED) is 0.0234. The van der Waals surface area contributed by atoms with Gasteiger partial charge >= 0.3 is 177 Å². The Kier molecular flexibility index (Phi) is 30.1. The van der Waals surface area contributed by atoms with Gasteiger partial charge in [-0.05, 0) is 108 Å². The van der Waals surface area contributed by atoms with E-state index < -0.39 is 102 Å². The Balaban J connectivity index is 0.00000420. The predicted octanol–water partition coefficient (Wildman–Crippen LogP) is -13.9. The minimum Gasteiger partial charge on any atom is -0.744 e. The molecule has 0 spiro atoms. The molecule has 6 aromatic carbocycles. The standard InChI is InChI=1S/C44H36N12O18S6.6Na/c57-75(58,59)33-9-1-5-27(19-33)45-39-51-40(46-28-6-2-10-34(20-28)76(60,61)62)54-43(53-39)49-31-17-15-25(37(23-31)79(69,70)71)13-14-26-16-18-32(24-38(26)80(72,73)74)50-44-55-41(47-29-7-3-11-35(21-29)77(63,64)65)52-42(56-44)48-30-8-4-12-36(22-30)78(66,67)68;;;;;;/h1-24H,(H,57,58,59)(H,60,61,62)(H,63,64,65)(H,66,67,68)(H,69,70,71)(H,72,73,74)(H3,45,46,49,51,53,54)(H3,47,48,50,52,55,56);;;;;;/q;6*+1/p-6/b14-13+;;;;;;. The van der Waals surface area contributed by atoms with Crippen molar-refractivity contribution >= 4 is 143 Å². The van der Waals surface area contributed by atoms with Crippen LogP contribution >= 0.6 is 0 Å². The van der Waals surface area contributed by atoms with Crippen LogP contribution in [0.25, 0.3) is 12.2 Å². The van der Waals surface area contributed by atoms with Crippen molar-refractivity contribution in [1.82, 2.24) is 29.9 Å². The van der Waals surface area contributed by atoms with E-state index in [0.29, 0.717) is 0 Å². The largest absolute Gasteiger partial charge is 1.00 e. The van der Waals surface area contributed by atoms with Gasteiger partial charge in [-0.1, -0.05) is 48.6 Å². The van der Waals surface area contributed by atoms with Crippen molar-refractivity contribution in [1.29, 1.82) is 0 Å². The second-order valence-electron chi connectivity index (χ2n) is 16.0. The molecule has 30 nitrogen and oxygen atoms in total. The van der Waals surface area contributed by atoms with E-state index in [2.05, 4.69) is 61.8 Å². The van der Waals surface area contributed by atoms with E-state index >= 15 is 0 Å². The van der Waals surface area contributed by atoms with Crippen molar-refractivity contribution in [3.8, 4) is 0 Å². The van der Waals surface area contributed by atoms with E-state index in [4.69, 9.17) is 0 Å². The molecule has 8 aromatic rings. The zero-order valence-electron chi connectivity index (χ0n) is 45.3. The molecule has 0 bridgehead atoms. The first-order chi connectivity index (χ1) is 37.3. The van der Waals surface area contributed by atoms with Gasteiger partial charge in [-0.3, -0.25) is 0 Å². The molecule has 0 atom stereocenters. The summed E-state index contributed by atoms with van der Waals surface area (Å²) in [6.45, 7) is 0. The molecule has 0 aliphatic rings.